The van der Waals surface area contributed by atoms with E-state index >= 15 is 0 Å². The van der Waals surface area contributed by atoms with E-state index in [1.54, 1.807) is 6.33 Å². The summed E-state index contributed by atoms with van der Waals surface area (Å²) in [5, 5.41) is 11.8. The Kier molecular flexibility index (Phi) is 6.08. The number of hydrogen-bond donors (Lipinski definition) is 1. The monoisotopic (exact) mass is 435 g/mol. The summed E-state index contributed by atoms with van der Waals surface area (Å²) < 4.78 is 7.60. The van der Waals surface area contributed by atoms with Crippen molar-refractivity contribution in [2.24, 2.45) is 0 Å². The van der Waals surface area contributed by atoms with Gasteiger partial charge in [-0.3, -0.25) is 9.36 Å². The molecule has 1 N–H and O–H groups in total. The second-order valence-electron chi connectivity index (χ2n) is 7.96. The van der Waals surface area contributed by atoms with E-state index in [2.05, 4.69) is 46.5 Å². The van der Waals surface area contributed by atoms with Crippen LogP contribution in [0.3, 0.4) is 0 Å². The number of anilines is 1. The van der Waals surface area contributed by atoms with Crippen LogP contribution in [0.2, 0.25) is 0 Å². The van der Waals surface area contributed by atoms with Gasteiger partial charge in [-0.05, 0) is 41.8 Å². The summed E-state index contributed by atoms with van der Waals surface area (Å²) in [6, 6.07) is 13.8. The van der Waals surface area contributed by atoms with E-state index in [4.69, 9.17) is 4.42 Å². The maximum absolute atomic E-state index is 12.5. The van der Waals surface area contributed by atoms with Gasteiger partial charge in [0.15, 0.2) is 16.6 Å². The molecule has 8 heteroatoms. The van der Waals surface area contributed by atoms with Crippen molar-refractivity contribution in [3.8, 4) is 5.69 Å². The Bertz CT molecular complexity index is 1190. The number of hydrogen-bond acceptors (Lipinski definition) is 6. The molecule has 160 valence electrons. The predicted octanol–water partition coefficient (Wildman–Crippen LogP) is 5.39. The number of rotatable bonds is 7. The summed E-state index contributed by atoms with van der Waals surface area (Å²) >= 11 is 1.34. The van der Waals surface area contributed by atoms with Crippen LogP contribution in [-0.2, 0) is 4.79 Å². The van der Waals surface area contributed by atoms with Crippen LogP contribution in [0.25, 0.3) is 16.8 Å². The van der Waals surface area contributed by atoms with Gasteiger partial charge in [0.2, 0.25) is 5.91 Å². The molecule has 0 unspecified atom stereocenters. The van der Waals surface area contributed by atoms with Gasteiger partial charge in [-0.15, -0.1) is 10.2 Å². The smallest absolute Gasteiger partial charge is 0.234 e. The maximum Gasteiger partial charge on any atom is 0.234 e. The van der Waals surface area contributed by atoms with Crippen molar-refractivity contribution in [3.63, 3.8) is 0 Å². The maximum atomic E-state index is 12.5. The molecule has 2 aromatic carbocycles. The highest BCUT2D eigenvalue weighted by Gasteiger charge is 2.13. The van der Waals surface area contributed by atoms with Gasteiger partial charge in [0.1, 0.15) is 11.8 Å². The zero-order chi connectivity index (χ0) is 22.0. The molecule has 0 saturated carbocycles. The molecule has 2 aromatic heterocycles. The van der Waals surface area contributed by atoms with Crippen molar-refractivity contribution in [2.45, 2.75) is 44.7 Å². The SMILES string of the molecule is CC(C)c1ccc(-n2cnnc2SCC(=O)Nc2ccc3oc(C(C)C)nc3c2)cc1. The number of nitrogens with one attached hydrogen (secondary N) is 1. The topological polar surface area (TPSA) is 85.8 Å². The molecule has 0 aliphatic carbocycles. The second-order valence-corrected chi connectivity index (χ2v) is 8.90. The largest absolute Gasteiger partial charge is 0.440 e. The first kappa shape index (κ1) is 21.1. The zero-order valence-corrected chi connectivity index (χ0v) is 18.8. The van der Waals surface area contributed by atoms with E-state index in [1.165, 1.54) is 17.3 Å². The number of aromatic nitrogens is 4. The van der Waals surface area contributed by atoms with Crippen LogP contribution < -0.4 is 5.32 Å². The number of thioether (sulfide) groups is 1. The molecule has 1 amide bonds. The fraction of sp³-hybridized carbons (Fsp3) is 0.304. The summed E-state index contributed by atoms with van der Waals surface area (Å²) in [5.41, 5.74) is 4.38. The minimum Gasteiger partial charge on any atom is -0.440 e. The number of carbonyl (C=O) groups excluding carboxylic acids is 1. The lowest BCUT2D eigenvalue weighted by Crippen LogP contribution is -2.14. The Morgan fingerprint density at radius 1 is 1.10 bits per heavy atom. The molecule has 0 fully saturated rings. The first-order valence-corrected chi connectivity index (χ1v) is 11.2. The summed E-state index contributed by atoms with van der Waals surface area (Å²) in [7, 11) is 0. The Morgan fingerprint density at radius 3 is 2.58 bits per heavy atom. The molecule has 0 aliphatic heterocycles. The Labute approximate surface area is 185 Å². The van der Waals surface area contributed by atoms with Crippen LogP contribution in [-0.4, -0.2) is 31.4 Å². The third-order valence-corrected chi connectivity index (χ3v) is 5.81. The molecule has 4 rings (SSSR count). The summed E-state index contributed by atoms with van der Waals surface area (Å²) in [4.78, 5) is 17.0. The van der Waals surface area contributed by atoms with E-state index in [0.29, 0.717) is 28.2 Å². The van der Waals surface area contributed by atoms with Crippen LogP contribution in [0.1, 0.15) is 51.0 Å². The molecule has 4 aromatic rings. The molecular formula is C23H25N5O2S. The van der Waals surface area contributed by atoms with Crippen molar-refractivity contribution < 1.29 is 9.21 Å². The lowest BCUT2D eigenvalue weighted by molar-refractivity contribution is -0.113. The van der Waals surface area contributed by atoms with E-state index in [-0.39, 0.29) is 17.6 Å². The first-order chi connectivity index (χ1) is 14.9. The molecule has 7 nitrogen and oxygen atoms in total. The predicted molar refractivity (Wildman–Crippen MR) is 123 cm³/mol. The molecular weight excluding hydrogens is 410 g/mol. The highest BCUT2D eigenvalue weighted by molar-refractivity contribution is 7.99. The molecule has 0 spiro atoms. The van der Waals surface area contributed by atoms with Gasteiger partial charge in [0.25, 0.3) is 0 Å². The zero-order valence-electron chi connectivity index (χ0n) is 18.0. The van der Waals surface area contributed by atoms with Crippen molar-refractivity contribution in [3.05, 3.63) is 60.2 Å². The van der Waals surface area contributed by atoms with Gasteiger partial charge in [-0.1, -0.05) is 51.6 Å². The van der Waals surface area contributed by atoms with Crippen molar-refractivity contribution >= 4 is 34.5 Å². The lowest BCUT2D eigenvalue weighted by atomic mass is 10.0. The van der Waals surface area contributed by atoms with Gasteiger partial charge >= 0.3 is 0 Å². The van der Waals surface area contributed by atoms with Crippen LogP contribution in [0, 0.1) is 0 Å². The van der Waals surface area contributed by atoms with Crippen LogP contribution in [0.5, 0.6) is 0 Å². The van der Waals surface area contributed by atoms with E-state index in [0.717, 1.165) is 11.2 Å². The number of oxazole rings is 1. The summed E-state index contributed by atoms with van der Waals surface area (Å²) in [6.45, 7) is 8.39. The van der Waals surface area contributed by atoms with Crippen LogP contribution in [0.15, 0.2) is 58.4 Å². The highest BCUT2D eigenvalue weighted by atomic mass is 32.2. The first-order valence-electron chi connectivity index (χ1n) is 10.2. The molecule has 2 heterocycles. The van der Waals surface area contributed by atoms with E-state index in [9.17, 15) is 4.79 Å². The van der Waals surface area contributed by atoms with Gasteiger partial charge < -0.3 is 9.73 Å². The van der Waals surface area contributed by atoms with Gasteiger partial charge in [-0.25, -0.2) is 4.98 Å². The van der Waals surface area contributed by atoms with E-state index in [1.807, 2.05) is 48.7 Å². The molecule has 0 radical (unpaired) electrons. The minimum absolute atomic E-state index is 0.123. The number of benzene rings is 2. The fourth-order valence-electron chi connectivity index (χ4n) is 3.12. The molecule has 0 saturated heterocycles. The minimum atomic E-state index is -0.123. The fourth-order valence-corrected chi connectivity index (χ4v) is 3.85. The third kappa shape index (κ3) is 4.80. The van der Waals surface area contributed by atoms with Crippen LogP contribution >= 0.6 is 11.8 Å². The Balaban J connectivity index is 1.40. The van der Waals surface area contributed by atoms with Crippen molar-refractivity contribution in [1.29, 1.82) is 0 Å². The second kappa shape index (κ2) is 8.93. The molecule has 0 bridgehead atoms. The van der Waals surface area contributed by atoms with Gasteiger partial charge in [-0.2, -0.15) is 0 Å². The highest BCUT2D eigenvalue weighted by Crippen LogP contribution is 2.25. The van der Waals surface area contributed by atoms with Gasteiger partial charge in [0, 0.05) is 17.3 Å². The molecule has 31 heavy (non-hydrogen) atoms. The van der Waals surface area contributed by atoms with E-state index < -0.39 is 0 Å². The van der Waals surface area contributed by atoms with Crippen LogP contribution in [0.4, 0.5) is 5.69 Å². The van der Waals surface area contributed by atoms with Crippen molar-refractivity contribution in [1.82, 2.24) is 19.7 Å². The molecule has 0 atom stereocenters. The van der Waals surface area contributed by atoms with Crippen molar-refractivity contribution in [2.75, 3.05) is 11.1 Å². The number of fused-ring (bicyclic) bond motifs is 1. The van der Waals surface area contributed by atoms with Gasteiger partial charge in [0.05, 0.1) is 5.75 Å². The average Bonchev–Trinajstić information content (AvgIpc) is 3.39. The quantitative estimate of drug-likeness (QED) is 0.392. The number of amides is 1. The number of carbonyl (C=O) groups is 1. The third-order valence-electron chi connectivity index (χ3n) is 4.87. The Hall–Kier alpha value is -3.13. The normalized spacial score (nSPS) is 11.5. The standard InChI is InChI=1S/C23H25N5O2S/c1-14(2)16-5-8-18(9-6-16)28-13-24-27-23(28)31-12-21(29)25-17-7-10-20-19(11-17)26-22(30-20)15(3)4/h5-11,13-15H,12H2,1-4H3,(H,25,29). The Morgan fingerprint density at radius 2 is 1.87 bits per heavy atom. The summed E-state index contributed by atoms with van der Waals surface area (Å²) in [6.07, 6.45) is 1.66. The lowest BCUT2D eigenvalue weighted by Gasteiger charge is -2.09. The average molecular weight is 436 g/mol. The molecule has 0 aliphatic rings. The number of nitrogens with zero attached hydrogens (tertiary/aromatic N) is 4. The summed E-state index contributed by atoms with van der Waals surface area (Å²) in [5.74, 6) is 1.47.